The first-order valence-corrected chi connectivity index (χ1v) is 7.73. The maximum Gasteiger partial charge on any atom is 0.141 e. The Bertz CT molecular complexity index is 819. The van der Waals surface area contributed by atoms with Gasteiger partial charge in [0, 0.05) is 11.6 Å². The number of hydrogen-bond acceptors (Lipinski definition) is 6. The Morgan fingerprint density at radius 3 is 2.56 bits per heavy atom. The van der Waals surface area contributed by atoms with Gasteiger partial charge in [-0.1, -0.05) is 18.2 Å². The molecule has 3 rings (SSSR count). The summed E-state index contributed by atoms with van der Waals surface area (Å²) in [6.07, 6.45) is 4.73. The molecule has 0 fully saturated rings. The van der Waals surface area contributed by atoms with Gasteiger partial charge in [0.1, 0.15) is 43.1 Å². The zero-order chi connectivity index (χ0) is 17.3. The third-order valence-electron chi connectivity index (χ3n) is 3.31. The van der Waals surface area contributed by atoms with E-state index >= 15 is 0 Å². The van der Waals surface area contributed by atoms with Gasteiger partial charge in [-0.05, 0) is 24.3 Å². The molecular weight excluding hydrogens is 320 g/mol. The lowest BCUT2D eigenvalue weighted by Gasteiger charge is -2.10. The van der Waals surface area contributed by atoms with Crippen molar-refractivity contribution in [1.82, 2.24) is 14.9 Å². The van der Waals surface area contributed by atoms with E-state index in [9.17, 15) is 0 Å². The molecule has 0 atom stereocenters. The number of para-hydroxylation sites is 1. The van der Waals surface area contributed by atoms with Crippen molar-refractivity contribution >= 4 is 6.21 Å². The number of ether oxygens (including phenoxy) is 3. The number of aromatic nitrogens is 3. The van der Waals surface area contributed by atoms with Crippen molar-refractivity contribution in [3.05, 3.63) is 66.7 Å². The lowest BCUT2D eigenvalue weighted by molar-refractivity contribution is 0.216. The van der Waals surface area contributed by atoms with Crippen LogP contribution in [0.2, 0.25) is 0 Å². The zero-order valence-electron chi connectivity index (χ0n) is 13.8. The summed E-state index contributed by atoms with van der Waals surface area (Å²) in [5, 5.41) is 11.6. The molecule has 1 aromatic heterocycles. The second-order valence-electron chi connectivity index (χ2n) is 5.00. The number of methoxy groups -OCH3 is 1. The Morgan fingerprint density at radius 2 is 1.72 bits per heavy atom. The van der Waals surface area contributed by atoms with Gasteiger partial charge in [0.15, 0.2) is 0 Å². The summed E-state index contributed by atoms with van der Waals surface area (Å²) >= 11 is 0. The van der Waals surface area contributed by atoms with Crippen LogP contribution in [-0.2, 0) is 0 Å². The smallest absolute Gasteiger partial charge is 0.141 e. The molecule has 3 aromatic rings. The summed E-state index contributed by atoms with van der Waals surface area (Å²) in [7, 11) is 1.63. The molecule has 7 nitrogen and oxygen atoms in total. The van der Waals surface area contributed by atoms with Crippen LogP contribution < -0.4 is 14.2 Å². The molecule has 0 N–H and O–H groups in total. The van der Waals surface area contributed by atoms with Crippen LogP contribution >= 0.6 is 0 Å². The van der Waals surface area contributed by atoms with E-state index in [0.717, 1.165) is 22.8 Å². The Balaban J connectivity index is 1.54. The average molecular weight is 338 g/mol. The molecule has 0 saturated heterocycles. The van der Waals surface area contributed by atoms with Crippen LogP contribution in [-0.4, -0.2) is 41.4 Å². The van der Waals surface area contributed by atoms with Gasteiger partial charge in [0.25, 0.3) is 0 Å². The molecule has 0 unspecified atom stereocenters. The normalized spacial score (nSPS) is 10.8. The summed E-state index contributed by atoms with van der Waals surface area (Å²) < 4.78 is 18.2. The van der Waals surface area contributed by atoms with Crippen LogP contribution in [0.25, 0.3) is 0 Å². The van der Waals surface area contributed by atoms with E-state index in [0.29, 0.717) is 13.2 Å². The van der Waals surface area contributed by atoms with Gasteiger partial charge in [0.2, 0.25) is 0 Å². The van der Waals surface area contributed by atoms with E-state index < -0.39 is 0 Å². The molecule has 0 aliphatic carbocycles. The largest absolute Gasteiger partial charge is 0.497 e. The van der Waals surface area contributed by atoms with E-state index in [1.807, 2.05) is 48.5 Å². The van der Waals surface area contributed by atoms with Gasteiger partial charge >= 0.3 is 0 Å². The van der Waals surface area contributed by atoms with Gasteiger partial charge in [0.05, 0.1) is 13.3 Å². The van der Waals surface area contributed by atoms with Gasteiger partial charge in [-0.3, -0.25) is 0 Å². The third-order valence-corrected chi connectivity index (χ3v) is 3.31. The SMILES string of the molecule is COc1cccc(OCCOc2ccccc2C=Nn2cnnc2)c1. The molecule has 0 saturated carbocycles. The predicted molar refractivity (Wildman–Crippen MR) is 93.4 cm³/mol. The molecule has 7 heteroatoms. The molecular formula is C18H18N4O3. The second kappa shape index (κ2) is 8.49. The Morgan fingerprint density at radius 1 is 0.960 bits per heavy atom. The molecule has 0 aliphatic heterocycles. The highest BCUT2D eigenvalue weighted by molar-refractivity contribution is 5.83. The maximum atomic E-state index is 5.80. The van der Waals surface area contributed by atoms with E-state index in [1.165, 1.54) is 17.3 Å². The maximum absolute atomic E-state index is 5.80. The minimum absolute atomic E-state index is 0.411. The third kappa shape index (κ3) is 4.81. The molecule has 0 aliphatic rings. The molecule has 0 radical (unpaired) electrons. The summed E-state index contributed by atoms with van der Waals surface area (Å²) in [6.45, 7) is 0.832. The van der Waals surface area contributed by atoms with E-state index in [4.69, 9.17) is 14.2 Å². The van der Waals surface area contributed by atoms with Crippen molar-refractivity contribution in [1.29, 1.82) is 0 Å². The Hall–Kier alpha value is -3.35. The molecule has 1 heterocycles. The molecule has 0 spiro atoms. The van der Waals surface area contributed by atoms with Crippen LogP contribution in [0, 0.1) is 0 Å². The first-order chi connectivity index (χ1) is 12.3. The fourth-order valence-corrected chi connectivity index (χ4v) is 2.10. The highest BCUT2D eigenvalue weighted by Crippen LogP contribution is 2.19. The molecule has 0 amide bonds. The fraction of sp³-hybridized carbons (Fsp3) is 0.167. The summed E-state index contributed by atoms with van der Waals surface area (Å²) in [4.78, 5) is 0. The second-order valence-corrected chi connectivity index (χ2v) is 5.00. The fourth-order valence-electron chi connectivity index (χ4n) is 2.10. The lowest BCUT2D eigenvalue weighted by Crippen LogP contribution is -2.10. The van der Waals surface area contributed by atoms with Gasteiger partial charge in [-0.25, -0.2) is 4.68 Å². The quantitative estimate of drug-likeness (QED) is 0.466. The van der Waals surface area contributed by atoms with Gasteiger partial charge in [-0.2, -0.15) is 5.10 Å². The van der Waals surface area contributed by atoms with Crippen LogP contribution in [0.3, 0.4) is 0 Å². The van der Waals surface area contributed by atoms with Crippen molar-refractivity contribution in [2.75, 3.05) is 20.3 Å². The van der Waals surface area contributed by atoms with Crippen molar-refractivity contribution in [2.24, 2.45) is 5.10 Å². The predicted octanol–water partition coefficient (Wildman–Crippen LogP) is 2.63. The molecule has 25 heavy (non-hydrogen) atoms. The first kappa shape index (κ1) is 16.5. The van der Waals surface area contributed by atoms with E-state index in [1.54, 1.807) is 13.3 Å². The molecule has 0 bridgehead atoms. The lowest BCUT2D eigenvalue weighted by atomic mass is 10.2. The van der Waals surface area contributed by atoms with E-state index in [-0.39, 0.29) is 0 Å². The van der Waals surface area contributed by atoms with Crippen molar-refractivity contribution < 1.29 is 14.2 Å². The Kier molecular flexibility index (Phi) is 5.60. The number of benzene rings is 2. The van der Waals surface area contributed by atoms with Gasteiger partial charge < -0.3 is 14.2 Å². The van der Waals surface area contributed by atoms with Crippen molar-refractivity contribution in [3.63, 3.8) is 0 Å². The highest BCUT2D eigenvalue weighted by atomic mass is 16.5. The number of nitrogens with zero attached hydrogens (tertiary/aromatic N) is 4. The minimum atomic E-state index is 0.411. The highest BCUT2D eigenvalue weighted by Gasteiger charge is 2.02. The van der Waals surface area contributed by atoms with Crippen LogP contribution in [0.4, 0.5) is 0 Å². The number of rotatable bonds is 8. The molecule has 2 aromatic carbocycles. The van der Waals surface area contributed by atoms with E-state index in [2.05, 4.69) is 15.3 Å². The Labute approximate surface area is 145 Å². The number of hydrogen-bond donors (Lipinski definition) is 0. The zero-order valence-corrected chi connectivity index (χ0v) is 13.8. The topological polar surface area (TPSA) is 70.8 Å². The van der Waals surface area contributed by atoms with Crippen LogP contribution in [0.5, 0.6) is 17.2 Å². The minimum Gasteiger partial charge on any atom is -0.497 e. The standard InChI is InChI=1S/C18H18N4O3/c1-23-16-6-4-7-17(11-16)24-9-10-25-18-8-3-2-5-15(18)12-21-22-13-19-20-14-22/h2-8,11-14H,9-10H2,1H3. The molecule has 128 valence electrons. The van der Waals surface area contributed by atoms with Crippen molar-refractivity contribution in [2.45, 2.75) is 0 Å². The summed E-state index contributed by atoms with van der Waals surface area (Å²) in [5.74, 6) is 2.23. The van der Waals surface area contributed by atoms with Crippen molar-refractivity contribution in [3.8, 4) is 17.2 Å². The van der Waals surface area contributed by atoms with Gasteiger partial charge in [-0.15, -0.1) is 10.2 Å². The summed E-state index contributed by atoms with van der Waals surface area (Å²) in [5.41, 5.74) is 0.859. The monoisotopic (exact) mass is 338 g/mol. The van der Waals surface area contributed by atoms with Crippen LogP contribution in [0.1, 0.15) is 5.56 Å². The first-order valence-electron chi connectivity index (χ1n) is 7.73. The van der Waals surface area contributed by atoms with Crippen LogP contribution in [0.15, 0.2) is 66.3 Å². The summed E-state index contributed by atoms with van der Waals surface area (Å²) in [6, 6.07) is 15.1. The average Bonchev–Trinajstić information content (AvgIpc) is 3.18.